The first-order valence-corrected chi connectivity index (χ1v) is 9.06. The average molecular weight is 337 g/mol. The summed E-state index contributed by atoms with van der Waals surface area (Å²) >= 11 is 1.59. The van der Waals surface area contributed by atoms with Crippen LogP contribution in [0.5, 0.6) is 0 Å². The van der Waals surface area contributed by atoms with Gasteiger partial charge < -0.3 is 5.32 Å². The van der Waals surface area contributed by atoms with Crippen molar-refractivity contribution in [2.45, 2.75) is 19.4 Å². The van der Waals surface area contributed by atoms with E-state index in [4.69, 9.17) is 0 Å². The summed E-state index contributed by atoms with van der Waals surface area (Å²) in [7, 11) is 0. The highest BCUT2D eigenvalue weighted by atomic mass is 32.1. The van der Waals surface area contributed by atoms with Crippen LogP contribution in [0.4, 0.5) is 11.6 Å². The Bertz CT molecular complexity index is 779. The minimum absolute atomic E-state index is 0.780. The summed E-state index contributed by atoms with van der Waals surface area (Å²) in [4.78, 5) is 15.9. The van der Waals surface area contributed by atoms with E-state index < -0.39 is 0 Å². The highest BCUT2D eigenvalue weighted by Crippen LogP contribution is 2.22. The standard InChI is InChI=1S/C18H19N5S/c1-2-10-23(9-1)13-14-6-7-16(20-12-14)22-17-5-3-4-15(21-17)18-19-8-11-24-18/h3-8,11-12H,1-2,9-10,13H2,(H,20,21,22). The summed E-state index contributed by atoms with van der Waals surface area (Å²) in [6, 6.07) is 10.0. The molecule has 0 aliphatic carbocycles. The molecular weight excluding hydrogens is 318 g/mol. The Morgan fingerprint density at radius 1 is 1.04 bits per heavy atom. The molecule has 24 heavy (non-hydrogen) atoms. The van der Waals surface area contributed by atoms with Crippen molar-refractivity contribution in [2.75, 3.05) is 18.4 Å². The van der Waals surface area contributed by atoms with E-state index in [1.54, 1.807) is 17.5 Å². The molecule has 0 spiro atoms. The van der Waals surface area contributed by atoms with Crippen molar-refractivity contribution in [3.8, 4) is 10.7 Å². The molecule has 122 valence electrons. The molecule has 0 amide bonds. The van der Waals surface area contributed by atoms with Crippen LogP contribution in [0.2, 0.25) is 0 Å². The van der Waals surface area contributed by atoms with Crippen molar-refractivity contribution >= 4 is 23.0 Å². The fourth-order valence-corrected chi connectivity index (χ4v) is 3.50. The predicted octanol–water partition coefficient (Wildman–Crippen LogP) is 3.94. The van der Waals surface area contributed by atoms with Crippen LogP contribution < -0.4 is 5.32 Å². The average Bonchev–Trinajstić information content (AvgIpc) is 3.30. The second-order valence-electron chi connectivity index (χ2n) is 5.91. The summed E-state index contributed by atoms with van der Waals surface area (Å²) in [5, 5.41) is 6.15. The lowest BCUT2D eigenvalue weighted by Gasteiger charge is -2.14. The van der Waals surface area contributed by atoms with E-state index in [1.165, 1.54) is 31.5 Å². The van der Waals surface area contributed by atoms with Gasteiger partial charge in [0.25, 0.3) is 0 Å². The lowest BCUT2D eigenvalue weighted by molar-refractivity contribution is 0.331. The molecule has 0 unspecified atom stereocenters. The topological polar surface area (TPSA) is 53.9 Å². The summed E-state index contributed by atoms with van der Waals surface area (Å²) in [5.74, 6) is 1.59. The van der Waals surface area contributed by atoms with E-state index in [-0.39, 0.29) is 0 Å². The van der Waals surface area contributed by atoms with Crippen molar-refractivity contribution < 1.29 is 0 Å². The van der Waals surface area contributed by atoms with Gasteiger partial charge in [0.15, 0.2) is 0 Å². The molecule has 3 aromatic rings. The maximum absolute atomic E-state index is 4.60. The molecule has 0 bridgehead atoms. The minimum atomic E-state index is 0.780. The van der Waals surface area contributed by atoms with E-state index in [0.29, 0.717) is 0 Å². The molecule has 3 aromatic heterocycles. The summed E-state index contributed by atoms with van der Waals surface area (Å²) in [6.07, 6.45) is 6.37. The van der Waals surface area contributed by atoms with Crippen LogP contribution in [-0.4, -0.2) is 32.9 Å². The number of anilines is 2. The van der Waals surface area contributed by atoms with Crippen LogP contribution in [0.25, 0.3) is 10.7 Å². The molecule has 1 aliphatic heterocycles. The number of nitrogens with zero attached hydrogens (tertiary/aromatic N) is 4. The van der Waals surface area contributed by atoms with Crippen LogP contribution in [0.3, 0.4) is 0 Å². The lowest BCUT2D eigenvalue weighted by atomic mass is 10.2. The Kier molecular flexibility index (Phi) is 4.49. The first-order chi connectivity index (χ1) is 11.9. The minimum Gasteiger partial charge on any atom is -0.325 e. The lowest BCUT2D eigenvalue weighted by Crippen LogP contribution is -2.18. The highest BCUT2D eigenvalue weighted by molar-refractivity contribution is 7.13. The van der Waals surface area contributed by atoms with E-state index >= 15 is 0 Å². The molecule has 1 fully saturated rings. The first kappa shape index (κ1) is 15.2. The largest absolute Gasteiger partial charge is 0.325 e. The quantitative estimate of drug-likeness (QED) is 0.764. The number of hydrogen-bond donors (Lipinski definition) is 1. The maximum atomic E-state index is 4.60. The third-order valence-corrected chi connectivity index (χ3v) is 4.88. The second-order valence-corrected chi connectivity index (χ2v) is 6.80. The zero-order chi connectivity index (χ0) is 16.2. The first-order valence-electron chi connectivity index (χ1n) is 8.18. The summed E-state index contributed by atoms with van der Waals surface area (Å²) in [5.41, 5.74) is 2.13. The fraction of sp³-hybridized carbons (Fsp3) is 0.278. The van der Waals surface area contributed by atoms with Crippen LogP contribution in [0, 0.1) is 0 Å². The Labute approximate surface area is 145 Å². The Morgan fingerprint density at radius 2 is 1.96 bits per heavy atom. The van der Waals surface area contributed by atoms with Crippen molar-refractivity contribution in [3.05, 3.63) is 53.7 Å². The molecule has 4 rings (SSSR count). The summed E-state index contributed by atoms with van der Waals surface area (Å²) in [6.45, 7) is 3.39. The maximum Gasteiger partial charge on any atom is 0.141 e. The van der Waals surface area contributed by atoms with E-state index in [2.05, 4.69) is 31.2 Å². The molecule has 4 heterocycles. The number of pyridine rings is 2. The number of hydrogen-bond acceptors (Lipinski definition) is 6. The van der Waals surface area contributed by atoms with Gasteiger partial charge in [0.1, 0.15) is 22.3 Å². The van der Waals surface area contributed by atoms with Gasteiger partial charge >= 0.3 is 0 Å². The number of likely N-dealkylation sites (tertiary alicyclic amines) is 1. The van der Waals surface area contributed by atoms with Gasteiger partial charge in [-0.05, 0) is 49.7 Å². The molecule has 0 saturated carbocycles. The smallest absolute Gasteiger partial charge is 0.141 e. The van der Waals surface area contributed by atoms with Crippen molar-refractivity contribution in [1.29, 1.82) is 0 Å². The monoisotopic (exact) mass is 337 g/mol. The van der Waals surface area contributed by atoms with Gasteiger partial charge in [-0.3, -0.25) is 4.90 Å². The normalized spacial score (nSPS) is 14.8. The fourth-order valence-electron chi connectivity index (χ4n) is 2.90. The third kappa shape index (κ3) is 3.60. The van der Waals surface area contributed by atoms with Gasteiger partial charge in [-0.1, -0.05) is 12.1 Å². The van der Waals surface area contributed by atoms with Crippen LogP contribution in [0.1, 0.15) is 18.4 Å². The van der Waals surface area contributed by atoms with Crippen LogP contribution >= 0.6 is 11.3 Å². The van der Waals surface area contributed by atoms with Crippen LogP contribution in [0.15, 0.2) is 48.1 Å². The molecule has 0 atom stereocenters. The number of rotatable bonds is 5. The van der Waals surface area contributed by atoms with Crippen LogP contribution in [-0.2, 0) is 6.54 Å². The molecule has 1 saturated heterocycles. The molecular formula is C18H19N5S. The number of thiazole rings is 1. The molecule has 0 radical (unpaired) electrons. The molecule has 1 aliphatic rings. The van der Waals surface area contributed by atoms with Gasteiger partial charge in [-0.15, -0.1) is 11.3 Å². The predicted molar refractivity (Wildman–Crippen MR) is 97.4 cm³/mol. The van der Waals surface area contributed by atoms with Gasteiger partial charge in [0, 0.05) is 24.3 Å². The summed E-state index contributed by atoms with van der Waals surface area (Å²) < 4.78 is 0. The molecule has 5 nitrogen and oxygen atoms in total. The number of nitrogens with one attached hydrogen (secondary N) is 1. The van der Waals surface area contributed by atoms with Crippen molar-refractivity contribution in [2.24, 2.45) is 0 Å². The van der Waals surface area contributed by atoms with E-state index in [0.717, 1.165) is 28.9 Å². The second kappa shape index (κ2) is 7.07. The third-order valence-electron chi connectivity index (χ3n) is 4.09. The Morgan fingerprint density at radius 3 is 2.71 bits per heavy atom. The Hall–Kier alpha value is -2.31. The molecule has 0 aromatic carbocycles. The van der Waals surface area contributed by atoms with E-state index in [9.17, 15) is 0 Å². The van der Waals surface area contributed by atoms with Gasteiger partial charge in [-0.2, -0.15) is 0 Å². The SMILES string of the molecule is c1cc(Nc2ccc(CN3CCCC3)cn2)nc(-c2nccs2)c1. The van der Waals surface area contributed by atoms with E-state index in [1.807, 2.05) is 35.8 Å². The Balaban J connectivity index is 1.44. The van der Waals surface area contributed by atoms with Gasteiger partial charge in [-0.25, -0.2) is 15.0 Å². The zero-order valence-electron chi connectivity index (χ0n) is 13.4. The van der Waals surface area contributed by atoms with Gasteiger partial charge in [0.2, 0.25) is 0 Å². The molecule has 1 N–H and O–H groups in total. The zero-order valence-corrected chi connectivity index (χ0v) is 14.2. The van der Waals surface area contributed by atoms with Crippen molar-refractivity contribution in [3.63, 3.8) is 0 Å². The van der Waals surface area contributed by atoms with Crippen molar-refractivity contribution in [1.82, 2.24) is 19.9 Å². The highest BCUT2D eigenvalue weighted by Gasteiger charge is 2.11. The van der Waals surface area contributed by atoms with Gasteiger partial charge in [0.05, 0.1) is 0 Å². The molecule has 6 heteroatoms. The number of aromatic nitrogens is 3.